The molecule has 0 fully saturated rings. The average Bonchev–Trinajstić information content (AvgIpc) is 2.34. The molecule has 0 radical (unpaired) electrons. The van der Waals surface area contributed by atoms with Crippen LogP contribution in [0.2, 0.25) is 0 Å². The number of rotatable bonds is 0. The Bertz CT molecular complexity index is 286. The Balaban J connectivity index is 0. The van der Waals surface area contributed by atoms with E-state index >= 15 is 0 Å². The fourth-order valence-electron chi connectivity index (χ4n) is 1.25. The van der Waals surface area contributed by atoms with Crippen molar-refractivity contribution in [3.8, 4) is 0 Å². The number of benzene rings is 1. The quantitative estimate of drug-likeness (QED) is 0.582. The summed E-state index contributed by atoms with van der Waals surface area (Å²) < 4.78 is 0.760. The van der Waals surface area contributed by atoms with Crippen LogP contribution in [0.25, 0.3) is 6.08 Å². The number of hydrogen-bond donors (Lipinski definition) is 0. The molecule has 2 rings (SSSR count). The van der Waals surface area contributed by atoms with Crippen molar-refractivity contribution in [1.29, 1.82) is 0 Å². The number of allylic oxidation sites excluding steroid dienone is 1. The van der Waals surface area contributed by atoms with Crippen LogP contribution in [-0.2, 0) is 24.4 Å². The van der Waals surface area contributed by atoms with Gasteiger partial charge >= 0.3 is 75.6 Å². The van der Waals surface area contributed by atoms with E-state index in [1.165, 1.54) is 35.5 Å². The first-order valence-corrected chi connectivity index (χ1v) is 5.43. The molecule has 1 unspecified atom stereocenters. The van der Waals surface area contributed by atoms with E-state index in [0.717, 1.165) is 3.67 Å². The molecule has 0 heterocycles. The van der Waals surface area contributed by atoms with E-state index in [-0.39, 0.29) is 37.2 Å². The SMILES string of the molecule is Cl.Cl.Cl.[Hf][CH]1C=Cc2ccccc21. The second-order valence-corrected chi connectivity index (χ2v) is 4.70. The molecule has 0 spiro atoms. The first-order valence-electron chi connectivity index (χ1n) is 3.36. The molecule has 1 aliphatic carbocycles. The molecule has 0 saturated carbocycles. The minimum atomic E-state index is 0. The molecule has 1 aromatic carbocycles. The Labute approximate surface area is 112 Å². The molecule has 0 amide bonds. The maximum atomic E-state index is 2.30. The molecular weight excluding hydrogens is 393 g/mol. The number of fused-ring (bicyclic) bond motifs is 1. The van der Waals surface area contributed by atoms with Gasteiger partial charge in [0.25, 0.3) is 0 Å². The molecule has 0 aromatic heterocycles. The summed E-state index contributed by atoms with van der Waals surface area (Å²) in [5.74, 6) is 0. The molecule has 0 saturated heterocycles. The second-order valence-electron chi connectivity index (χ2n) is 2.47. The molecule has 71 valence electrons. The fraction of sp³-hybridized carbons (Fsp3) is 0.111. The first kappa shape index (κ1) is 16.1. The van der Waals surface area contributed by atoms with Gasteiger partial charge in [-0.1, -0.05) is 0 Å². The van der Waals surface area contributed by atoms with Crippen LogP contribution in [0.4, 0.5) is 0 Å². The van der Waals surface area contributed by atoms with Crippen LogP contribution in [0.1, 0.15) is 14.8 Å². The van der Waals surface area contributed by atoms with Gasteiger partial charge in [-0.05, 0) is 0 Å². The minimum absolute atomic E-state index is 0. The van der Waals surface area contributed by atoms with Gasteiger partial charge in [0.05, 0.1) is 0 Å². The summed E-state index contributed by atoms with van der Waals surface area (Å²) in [6, 6.07) is 8.64. The van der Waals surface area contributed by atoms with Gasteiger partial charge in [0, 0.05) is 0 Å². The van der Waals surface area contributed by atoms with Gasteiger partial charge in [0.2, 0.25) is 0 Å². The summed E-state index contributed by atoms with van der Waals surface area (Å²) in [6.07, 6.45) is 4.53. The Morgan fingerprint density at radius 1 is 1.00 bits per heavy atom. The number of halogens is 3. The Morgan fingerprint density at radius 2 is 1.62 bits per heavy atom. The van der Waals surface area contributed by atoms with Crippen LogP contribution in [0.5, 0.6) is 0 Å². The van der Waals surface area contributed by atoms with Crippen molar-refractivity contribution < 1.29 is 24.4 Å². The molecular formula is C9H10Cl3Hf. The van der Waals surface area contributed by atoms with Gasteiger partial charge in [0.1, 0.15) is 0 Å². The summed E-state index contributed by atoms with van der Waals surface area (Å²) in [6.45, 7) is 0. The standard InChI is InChI=1S/C9H7.3ClH.Hf/c1-2-5-9-7-3-6-8(9)4-1;;;;/h1-7H;3*1H;. The molecule has 0 nitrogen and oxygen atoms in total. The summed E-state index contributed by atoms with van der Waals surface area (Å²) in [5, 5.41) is 0. The first-order chi connectivity index (χ1) is 4.88. The van der Waals surface area contributed by atoms with Crippen LogP contribution < -0.4 is 0 Å². The van der Waals surface area contributed by atoms with Crippen LogP contribution >= 0.6 is 37.2 Å². The summed E-state index contributed by atoms with van der Waals surface area (Å²) >= 11 is 1.24. The van der Waals surface area contributed by atoms with E-state index in [1.54, 1.807) is 0 Å². The zero-order valence-corrected chi connectivity index (χ0v) is 12.8. The molecule has 13 heavy (non-hydrogen) atoms. The van der Waals surface area contributed by atoms with E-state index in [4.69, 9.17) is 0 Å². The molecule has 1 aliphatic rings. The third-order valence-electron chi connectivity index (χ3n) is 1.80. The van der Waals surface area contributed by atoms with E-state index in [0.29, 0.717) is 0 Å². The van der Waals surface area contributed by atoms with Crippen molar-refractivity contribution in [3.63, 3.8) is 0 Å². The van der Waals surface area contributed by atoms with Gasteiger partial charge < -0.3 is 0 Å². The monoisotopic (exact) mass is 403 g/mol. The maximum absolute atomic E-state index is 2.30. The Kier molecular flexibility index (Phi) is 8.76. The van der Waals surface area contributed by atoms with Crippen LogP contribution in [0, 0.1) is 0 Å². The number of hydrogen-bond acceptors (Lipinski definition) is 0. The molecule has 0 bridgehead atoms. The van der Waals surface area contributed by atoms with E-state index in [9.17, 15) is 0 Å². The molecule has 0 N–H and O–H groups in total. The van der Waals surface area contributed by atoms with Crippen molar-refractivity contribution in [2.75, 3.05) is 0 Å². The Hall–Kier alpha value is 0.700. The zero-order valence-electron chi connectivity index (χ0n) is 6.77. The predicted molar refractivity (Wildman–Crippen MR) is 60.0 cm³/mol. The zero-order chi connectivity index (χ0) is 6.97. The van der Waals surface area contributed by atoms with Gasteiger partial charge in [-0.25, -0.2) is 0 Å². The van der Waals surface area contributed by atoms with Crippen LogP contribution in [0.15, 0.2) is 30.3 Å². The third-order valence-corrected chi connectivity index (χ3v) is 3.61. The average molecular weight is 403 g/mol. The van der Waals surface area contributed by atoms with Gasteiger partial charge in [-0.2, -0.15) is 0 Å². The van der Waals surface area contributed by atoms with Gasteiger partial charge in [0.15, 0.2) is 0 Å². The van der Waals surface area contributed by atoms with Gasteiger partial charge in [-0.15, -0.1) is 37.2 Å². The van der Waals surface area contributed by atoms with E-state index < -0.39 is 0 Å². The molecule has 1 aromatic rings. The molecule has 4 heteroatoms. The van der Waals surface area contributed by atoms with Crippen molar-refractivity contribution in [2.45, 2.75) is 3.67 Å². The van der Waals surface area contributed by atoms with Crippen LogP contribution in [-0.4, -0.2) is 0 Å². The third kappa shape index (κ3) is 3.39. The predicted octanol–water partition coefficient (Wildman–Crippen LogP) is 3.57. The van der Waals surface area contributed by atoms with Crippen molar-refractivity contribution in [2.24, 2.45) is 0 Å². The molecule has 0 aliphatic heterocycles. The van der Waals surface area contributed by atoms with E-state index in [2.05, 4.69) is 36.4 Å². The second kappa shape index (κ2) is 7.05. The Morgan fingerprint density at radius 3 is 2.23 bits per heavy atom. The normalized spacial score (nSPS) is 16.1. The topological polar surface area (TPSA) is 0 Å². The summed E-state index contributed by atoms with van der Waals surface area (Å²) in [7, 11) is 0. The van der Waals surface area contributed by atoms with Crippen molar-refractivity contribution >= 4 is 43.3 Å². The summed E-state index contributed by atoms with van der Waals surface area (Å²) in [4.78, 5) is 0. The van der Waals surface area contributed by atoms with Crippen LogP contribution in [0.3, 0.4) is 0 Å². The summed E-state index contributed by atoms with van der Waals surface area (Å²) in [5.41, 5.74) is 2.94. The van der Waals surface area contributed by atoms with Gasteiger partial charge in [-0.3, -0.25) is 0 Å². The molecule has 1 atom stereocenters. The van der Waals surface area contributed by atoms with E-state index in [1.807, 2.05) is 0 Å². The van der Waals surface area contributed by atoms with Crippen molar-refractivity contribution in [1.82, 2.24) is 0 Å². The van der Waals surface area contributed by atoms with Crippen molar-refractivity contribution in [3.05, 3.63) is 41.5 Å². The fourth-order valence-corrected chi connectivity index (χ4v) is 2.54.